The molecule has 19 heavy (non-hydrogen) atoms. The van der Waals surface area contributed by atoms with Gasteiger partial charge in [-0.05, 0) is 19.3 Å². The summed E-state index contributed by atoms with van der Waals surface area (Å²) in [5.74, 6) is 0.111. The summed E-state index contributed by atoms with van der Waals surface area (Å²) in [4.78, 5) is 25.3. The van der Waals surface area contributed by atoms with Crippen LogP contribution in [0.5, 0.6) is 0 Å². The highest BCUT2D eigenvalue weighted by molar-refractivity contribution is 7.81. The first-order chi connectivity index (χ1) is 9.11. The van der Waals surface area contributed by atoms with Crippen molar-refractivity contribution in [2.75, 3.05) is 19.7 Å². The molecule has 2 amide bonds. The molecule has 0 aromatic rings. The third-order valence-electron chi connectivity index (χ3n) is 3.67. The summed E-state index contributed by atoms with van der Waals surface area (Å²) >= 11 is 4.45. The Bertz CT molecular complexity index is 375. The van der Waals surface area contributed by atoms with E-state index in [1.165, 1.54) is 0 Å². The standard InChI is InChI=1S/C13H20N2O3S/c1-2-5-18-13(17)15-8-11(19)7-10(15)6-9-3-4-14-12(9)16/h2,9-11,19H,1,3-8H2,(H,14,16)/t9?,10-,11+/m1/s1. The van der Waals surface area contributed by atoms with Crippen LogP contribution in [-0.2, 0) is 9.53 Å². The number of hydrogen-bond donors (Lipinski definition) is 2. The maximum atomic E-state index is 11.9. The molecule has 2 heterocycles. The third-order valence-corrected chi connectivity index (χ3v) is 4.05. The Labute approximate surface area is 118 Å². The second-order valence-corrected chi connectivity index (χ2v) is 5.80. The molecule has 2 aliphatic heterocycles. The molecule has 3 atom stereocenters. The Morgan fingerprint density at radius 1 is 1.63 bits per heavy atom. The lowest BCUT2D eigenvalue weighted by atomic mass is 9.97. The molecule has 1 N–H and O–H groups in total. The number of carbonyl (C=O) groups excluding carboxylic acids is 2. The number of carbonyl (C=O) groups is 2. The Hall–Kier alpha value is -1.17. The number of nitrogens with one attached hydrogen (secondary N) is 1. The number of likely N-dealkylation sites (tertiary alicyclic amines) is 1. The molecular formula is C13H20N2O3S. The molecule has 2 fully saturated rings. The van der Waals surface area contributed by atoms with Gasteiger partial charge in [0.1, 0.15) is 6.61 Å². The lowest BCUT2D eigenvalue weighted by Crippen LogP contribution is -2.38. The fraction of sp³-hybridized carbons (Fsp3) is 0.692. The monoisotopic (exact) mass is 284 g/mol. The van der Waals surface area contributed by atoms with Gasteiger partial charge >= 0.3 is 6.09 Å². The van der Waals surface area contributed by atoms with E-state index in [1.807, 2.05) is 0 Å². The van der Waals surface area contributed by atoms with Crippen LogP contribution in [0.2, 0.25) is 0 Å². The van der Waals surface area contributed by atoms with Crippen molar-refractivity contribution >= 4 is 24.6 Å². The molecule has 1 unspecified atom stereocenters. The molecule has 6 heteroatoms. The van der Waals surface area contributed by atoms with Crippen LogP contribution >= 0.6 is 12.6 Å². The zero-order valence-corrected chi connectivity index (χ0v) is 11.8. The number of rotatable bonds is 4. The molecular weight excluding hydrogens is 264 g/mol. The van der Waals surface area contributed by atoms with E-state index >= 15 is 0 Å². The maximum absolute atomic E-state index is 11.9. The SMILES string of the molecule is C=CCOC(=O)N1C[C@@H](S)C[C@H]1CC1CCNC1=O. The van der Waals surface area contributed by atoms with Gasteiger partial charge in [-0.3, -0.25) is 4.79 Å². The summed E-state index contributed by atoms with van der Waals surface area (Å²) in [7, 11) is 0. The van der Waals surface area contributed by atoms with E-state index in [4.69, 9.17) is 4.74 Å². The zero-order chi connectivity index (χ0) is 13.8. The van der Waals surface area contributed by atoms with Gasteiger partial charge in [0, 0.05) is 30.3 Å². The van der Waals surface area contributed by atoms with Gasteiger partial charge < -0.3 is 15.0 Å². The molecule has 0 aromatic carbocycles. The Kier molecular flexibility index (Phi) is 4.74. The lowest BCUT2D eigenvalue weighted by molar-refractivity contribution is -0.122. The minimum atomic E-state index is -0.333. The van der Waals surface area contributed by atoms with Crippen LogP contribution < -0.4 is 5.32 Å². The summed E-state index contributed by atoms with van der Waals surface area (Å²) in [6.07, 6.45) is 3.58. The molecule has 5 nitrogen and oxygen atoms in total. The van der Waals surface area contributed by atoms with Crippen LogP contribution in [0.1, 0.15) is 19.3 Å². The van der Waals surface area contributed by atoms with Gasteiger partial charge in [-0.15, -0.1) is 0 Å². The molecule has 0 saturated carbocycles. The Morgan fingerprint density at radius 2 is 2.42 bits per heavy atom. The maximum Gasteiger partial charge on any atom is 0.410 e. The summed E-state index contributed by atoms with van der Waals surface area (Å²) in [6, 6.07) is 0.0497. The molecule has 106 valence electrons. The molecule has 2 saturated heterocycles. The van der Waals surface area contributed by atoms with Crippen molar-refractivity contribution in [3.05, 3.63) is 12.7 Å². The number of nitrogens with zero attached hydrogens (tertiary/aromatic N) is 1. The molecule has 2 aliphatic rings. The highest BCUT2D eigenvalue weighted by Gasteiger charge is 2.38. The van der Waals surface area contributed by atoms with Crippen molar-refractivity contribution in [1.29, 1.82) is 0 Å². The molecule has 0 bridgehead atoms. The molecule has 0 radical (unpaired) electrons. The second-order valence-electron chi connectivity index (χ2n) is 5.07. The van der Waals surface area contributed by atoms with Crippen molar-refractivity contribution in [2.45, 2.75) is 30.6 Å². The number of hydrogen-bond acceptors (Lipinski definition) is 4. The van der Waals surface area contributed by atoms with Crippen LogP contribution in [-0.4, -0.2) is 47.9 Å². The molecule has 0 aromatic heterocycles. The van der Waals surface area contributed by atoms with E-state index in [0.29, 0.717) is 13.0 Å². The lowest BCUT2D eigenvalue weighted by Gasteiger charge is -2.25. The van der Waals surface area contributed by atoms with Crippen molar-refractivity contribution in [3.63, 3.8) is 0 Å². The van der Waals surface area contributed by atoms with Gasteiger partial charge in [-0.2, -0.15) is 12.6 Å². The Balaban J connectivity index is 1.94. The number of amides is 2. The van der Waals surface area contributed by atoms with Crippen LogP contribution in [0.3, 0.4) is 0 Å². The summed E-state index contributed by atoms with van der Waals surface area (Å²) in [5.41, 5.74) is 0. The van der Waals surface area contributed by atoms with E-state index in [2.05, 4.69) is 24.5 Å². The van der Waals surface area contributed by atoms with Gasteiger partial charge in [0.05, 0.1) is 0 Å². The van der Waals surface area contributed by atoms with Crippen molar-refractivity contribution < 1.29 is 14.3 Å². The minimum absolute atomic E-state index is 0.0123. The zero-order valence-electron chi connectivity index (χ0n) is 10.9. The predicted molar refractivity (Wildman–Crippen MR) is 75.2 cm³/mol. The normalized spacial score (nSPS) is 30.3. The smallest absolute Gasteiger partial charge is 0.410 e. The van der Waals surface area contributed by atoms with Crippen molar-refractivity contribution in [3.8, 4) is 0 Å². The topological polar surface area (TPSA) is 58.6 Å². The molecule has 0 aliphatic carbocycles. The quantitative estimate of drug-likeness (QED) is 0.602. The van der Waals surface area contributed by atoms with Gasteiger partial charge in [-0.1, -0.05) is 12.7 Å². The van der Waals surface area contributed by atoms with E-state index in [1.54, 1.807) is 11.0 Å². The van der Waals surface area contributed by atoms with E-state index in [0.717, 1.165) is 19.4 Å². The van der Waals surface area contributed by atoms with Crippen LogP contribution in [0, 0.1) is 5.92 Å². The first-order valence-electron chi connectivity index (χ1n) is 6.62. The fourth-order valence-corrected chi connectivity index (χ4v) is 3.17. The Morgan fingerprint density at radius 3 is 3.05 bits per heavy atom. The van der Waals surface area contributed by atoms with Crippen molar-refractivity contribution in [1.82, 2.24) is 10.2 Å². The second kappa shape index (κ2) is 6.32. The number of ether oxygens (including phenoxy) is 1. The van der Waals surface area contributed by atoms with Crippen molar-refractivity contribution in [2.24, 2.45) is 5.92 Å². The van der Waals surface area contributed by atoms with Gasteiger partial charge in [0.2, 0.25) is 5.91 Å². The first-order valence-corrected chi connectivity index (χ1v) is 7.13. The summed E-state index contributed by atoms with van der Waals surface area (Å²) < 4.78 is 5.08. The van der Waals surface area contributed by atoms with Crippen LogP contribution in [0.15, 0.2) is 12.7 Å². The highest BCUT2D eigenvalue weighted by atomic mass is 32.1. The fourth-order valence-electron chi connectivity index (χ4n) is 2.75. The molecule has 0 spiro atoms. The number of thiol groups is 1. The van der Waals surface area contributed by atoms with Crippen LogP contribution in [0.4, 0.5) is 4.79 Å². The van der Waals surface area contributed by atoms with Crippen LogP contribution in [0.25, 0.3) is 0 Å². The average molecular weight is 284 g/mol. The summed E-state index contributed by atoms with van der Waals surface area (Å²) in [5, 5.41) is 2.99. The average Bonchev–Trinajstić information content (AvgIpc) is 2.94. The largest absolute Gasteiger partial charge is 0.445 e. The van der Waals surface area contributed by atoms with E-state index in [9.17, 15) is 9.59 Å². The van der Waals surface area contributed by atoms with Gasteiger partial charge in [0.25, 0.3) is 0 Å². The third kappa shape index (κ3) is 3.43. The predicted octanol–water partition coefficient (Wildman–Crippen LogP) is 1.21. The van der Waals surface area contributed by atoms with E-state index < -0.39 is 0 Å². The first kappa shape index (κ1) is 14.2. The highest BCUT2D eigenvalue weighted by Crippen LogP contribution is 2.29. The molecule has 2 rings (SSSR count). The van der Waals surface area contributed by atoms with Gasteiger partial charge in [0.15, 0.2) is 0 Å². The van der Waals surface area contributed by atoms with E-state index in [-0.39, 0.29) is 35.8 Å². The summed E-state index contributed by atoms with van der Waals surface area (Å²) in [6.45, 7) is 5.05. The minimum Gasteiger partial charge on any atom is -0.445 e. The van der Waals surface area contributed by atoms with Gasteiger partial charge in [-0.25, -0.2) is 4.79 Å².